The van der Waals surface area contributed by atoms with Crippen LogP contribution in [0.25, 0.3) is 0 Å². The largest absolute Gasteiger partial charge is 0.465 e. The van der Waals surface area contributed by atoms with E-state index in [1.165, 1.54) is 7.11 Å². The lowest BCUT2D eigenvalue weighted by Gasteiger charge is -2.10. The quantitative estimate of drug-likeness (QED) is 0.638. The van der Waals surface area contributed by atoms with Crippen molar-refractivity contribution < 1.29 is 14.3 Å². The Balaban J connectivity index is 2.22. The summed E-state index contributed by atoms with van der Waals surface area (Å²) in [6.45, 7) is 1.83. The molecule has 0 aliphatic carbocycles. The van der Waals surface area contributed by atoms with Crippen LogP contribution in [-0.2, 0) is 4.74 Å². The molecule has 5 heteroatoms. The van der Waals surface area contributed by atoms with Crippen LogP contribution < -0.4 is 5.32 Å². The molecule has 21 heavy (non-hydrogen) atoms. The predicted octanol–water partition coefficient (Wildman–Crippen LogP) is 3.64. The number of aryl methyl sites for hydroxylation is 1. The first kappa shape index (κ1) is 15.5. The number of ether oxygens (including phenoxy) is 1. The zero-order valence-corrected chi connectivity index (χ0v) is 13.8. The van der Waals surface area contributed by atoms with E-state index in [4.69, 9.17) is 0 Å². The number of methoxy groups -OCH3 is 1. The molecule has 0 atom stereocenters. The Hall–Kier alpha value is -1.89. The topological polar surface area (TPSA) is 55.4 Å². The summed E-state index contributed by atoms with van der Waals surface area (Å²) in [5, 5.41) is 2.86. The van der Waals surface area contributed by atoms with Gasteiger partial charge in [-0.05, 0) is 65.4 Å². The van der Waals surface area contributed by atoms with E-state index in [1.807, 2.05) is 25.1 Å². The fraction of sp³-hybridized carbons (Fsp3) is 0.125. The summed E-state index contributed by atoms with van der Waals surface area (Å²) >= 11 is 2.12. The summed E-state index contributed by atoms with van der Waals surface area (Å²) in [5.74, 6) is -0.567. The molecule has 0 fully saturated rings. The summed E-state index contributed by atoms with van der Waals surface area (Å²) in [5.41, 5.74) is 2.56. The van der Waals surface area contributed by atoms with Gasteiger partial charge in [0.15, 0.2) is 0 Å². The highest BCUT2D eigenvalue weighted by molar-refractivity contribution is 14.1. The average Bonchev–Trinajstić information content (AvgIpc) is 2.48. The maximum atomic E-state index is 12.3. The molecule has 0 unspecified atom stereocenters. The van der Waals surface area contributed by atoms with Crippen molar-refractivity contribution in [3.8, 4) is 0 Å². The first-order valence-corrected chi connectivity index (χ1v) is 7.35. The molecular weight excluding hydrogens is 381 g/mol. The SMILES string of the molecule is COC(=O)c1ccc(NC(=O)c2ccccc2I)c(C)c1. The molecule has 2 aromatic rings. The number of nitrogens with one attached hydrogen (secondary N) is 1. The molecule has 0 saturated heterocycles. The number of halogens is 1. The average molecular weight is 395 g/mol. The number of hydrogen-bond donors (Lipinski definition) is 1. The molecule has 0 aliphatic heterocycles. The van der Waals surface area contributed by atoms with Crippen molar-refractivity contribution in [1.82, 2.24) is 0 Å². The fourth-order valence-electron chi connectivity index (χ4n) is 1.88. The van der Waals surface area contributed by atoms with Gasteiger partial charge in [-0.3, -0.25) is 4.79 Å². The Labute approximate surface area is 136 Å². The Morgan fingerprint density at radius 1 is 1.14 bits per heavy atom. The van der Waals surface area contributed by atoms with E-state index in [0.717, 1.165) is 9.13 Å². The minimum atomic E-state index is -0.395. The fourth-order valence-corrected chi connectivity index (χ4v) is 2.52. The summed E-state index contributed by atoms with van der Waals surface area (Å²) in [6.07, 6.45) is 0. The Morgan fingerprint density at radius 3 is 2.48 bits per heavy atom. The van der Waals surface area contributed by atoms with Gasteiger partial charge in [0.25, 0.3) is 5.91 Å². The van der Waals surface area contributed by atoms with E-state index in [1.54, 1.807) is 24.3 Å². The normalized spacial score (nSPS) is 10.0. The first-order chi connectivity index (χ1) is 10.0. The number of rotatable bonds is 3. The summed E-state index contributed by atoms with van der Waals surface area (Å²) < 4.78 is 5.56. The number of esters is 1. The lowest BCUT2D eigenvalue weighted by molar-refractivity contribution is 0.0600. The first-order valence-electron chi connectivity index (χ1n) is 6.27. The zero-order valence-electron chi connectivity index (χ0n) is 11.6. The third-order valence-corrected chi connectivity index (χ3v) is 3.95. The van der Waals surface area contributed by atoms with E-state index in [-0.39, 0.29) is 5.91 Å². The van der Waals surface area contributed by atoms with Gasteiger partial charge >= 0.3 is 5.97 Å². The van der Waals surface area contributed by atoms with Crippen molar-refractivity contribution in [2.24, 2.45) is 0 Å². The third-order valence-electron chi connectivity index (χ3n) is 3.01. The van der Waals surface area contributed by atoms with Crippen molar-refractivity contribution >= 4 is 40.2 Å². The molecule has 0 saturated carbocycles. The minimum absolute atomic E-state index is 0.172. The molecule has 0 heterocycles. The third kappa shape index (κ3) is 3.60. The van der Waals surface area contributed by atoms with Crippen LogP contribution in [0.1, 0.15) is 26.3 Å². The summed E-state index contributed by atoms with van der Waals surface area (Å²) in [4.78, 5) is 23.7. The molecule has 0 aliphatic rings. The van der Waals surface area contributed by atoms with Gasteiger partial charge in [-0.25, -0.2) is 4.79 Å². The maximum absolute atomic E-state index is 12.3. The molecular formula is C16H14INO3. The van der Waals surface area contributed by atoms with Crippen LogP contribution in [0.5, 0.6) is 0 Å². The second-order valence-electron chi connectivity index (χ2n) is 4.46. The highest BCUT2D eigenvalue weighted by Gasteiger charge is 2.12. The molecule has 0 radical (unpaired) electrons. The van der Waals surface area contributed by atoms with Crippen molar-refractivity contribution in [1.29, 1.82) is 0 Å². The molecule has 1 N–H and O–H groups in total. The second kappa shape index (κ2) is 6.71. The summed E-state index contributed by atoms with van der Waals surface area (Å²) in [7, 11) is 1.34. The van der Waals surface area contributed by atoms with Gasteiger partial charge in [0.05, 0.1) is 18.2 Å². The van der Waals surface area contributed by atoms with E-state index in [2.05, 4.69) is 32.6 Å². The van der Waals surface area contributed by atoms with Crippen LogP contribution in [0, 0.1) is 10.5 Å². The zero-order chi connectivity index (χ0) is 15.4. The molecule has 2 rings (SSSR count). The smallest absolute Gasteiger partial charge is 0.337 e. The van der Waals surface area contributed by atoms with Crippen LogP contribution >= 0.6 is 22.6 Å². The number of amides is 1. The molecule has 108 valence electrons. The maximum Gasteiger partial charge on any atom is 0.337 e. The monoisotopic (exact) mass is 395 g/mol. The molecule has 2 aromatic carbocycles. The van der Waals surface area contributed by atoms with E-state index < -0.39 is 5.97 Å². The minimum Gasteiger partial charge on any atom is -0.465 e. The Morgan fingerprint density at radius 2 is 1.86 bits per heavy atom. The molecule has 4 nitrogen and oxygen atoms in total. The lowest BCUT2D eigenvalue weighted by atomic mass is 10.1. The van der Waals surface area contributed by atoms with Gasteiger partial charge in [-0.2, -0.15) is 0 Å². The van der Waals surface area contributed by atoms with E-state index in [0.29, 0.717) is 16.8 Å². The standard InChI is InChI=1S/C16H14INO3/c1-10-9-11(16(20)21-2)7-8-14(10)18-15(19)12-5-3-4-6-13(12)17/h3-9H,1-2H3,(H,18,19). The highest BCUT2D eigenvalue weighted by Crippen LogP contribution is 2.19. The van der Waals surface area contributed by atoms with Crippen molar-refractivity contribution in [2.45, 2.75) is 6.92 Å². The molecule has 0 bridgehead atoms. The van der Waals surface area contributed by atoms with Crippen LogP contribution in [0.2, 0.25) is 0 Å². The lowest BCUT2D eigenvalue weighted by Crippen LogP contribution is -2.14. The van der Waals surface area contributed by atoms with Crippen molar-refractivity contribution in [2.75, 3.05) is 12.4 Å². The van der Waals surface area contributed by atoms with Gasteiger partial charge in [0.2, 0.25) is 0 Å². The molecule has 0 spiro atoms. The van der Waals surface area contributed by atoms with Gasteiger partial charge in [0.1, 0.15) is 0 Å². The Kier molecular flexibility index (Phi) is 4.95. The van der Waals surface area contributed by atoms with Gasteiger partial charge in [-0.1, -0.05) is 12.1 Å². The predicted molar refractivity (Wildman–Crippen MR) is 89.6 cm³/mol. The van der Waals surface area contributed by atoms with E-state index in [9.17, 15) is 9.59 Å². The number of carbonyl (C=O) groups excluding carboxylic acids is 2. The number of anilines is 1. The van der Waals surface area contributed by atoms with Crippen LogP contribution in [0.3, 0.4) is 0 Å². The number of benzene rings is 2. The van der Waals surface area contributed by atoms with Crippen molar-refractivity contribution in [3.05, 3.63) is 62.7 Å². The molecule has 1 amide bonds. The van der Waals surface area contributed by atoms with Crippen LogP contribution in [-0.4, -0.2) is 19.0 Å². The van der Waals surface area contributed by atoms with Gasteiger partial charge in [0, 0.05) is 9.26 Å². The molecule has 0 aromatic heterocycles. The van der Waals surface area contributed by atoms with Crippen LogP contribution in [0.15, 0.2) is 42.5 Å². The van der Waals surface area contributed by atoms with Gasteiger partial charge < -0.3 is 10.1 Å². The van der Waals surface area contributed by atoms with Crippen molar-refractivity contribution in [3.63, 3.8) is 0 Å². The van der Waals surface area contributed by atoms with E-state index >= 15 is 0 Å². The Bertz CT molecular complexity index is 698. The number of hydrogen-bond acceptors (Lipinski definition) is 3. The number of carbonyl (C=O) groups is 2. The highest BCUT2D eigenvalue weighted by atomic mass is 127. The van der Waals surface area contributed by atoms with Gasteiger partial charge in [-0.15, -0.1) is 0 Å². The summed E-state index contributed by atoms with van der Waals surface area (Å²) in [6, 6.07) is 12.4. The van der Waals surface area contributed by atoms with Crippen LogP contribution in [0.4, 0.5) is 5.69 Å². The second-order valence-corrected chi connectivity index (χ2v) is 5.62.